The third kappa shape index (κ3) is 3.06. The molecule has 0 amide bonds. The first-order valence-electron chi connectivity index (χ1n) is 5.92. The molecule has 0 bridgehead atoms. The van der Waals surface area contributed by atoms with Gasteiger partial charge in [0.25, 0.3) is 0 Å². The highest BCUT2D eigenvalue weighted by Crippen LogP contribution is 2.27. The molecule has 2 rings (SSSR count). The first-order valence-corrected chi connectivity index (χ1v) is 6.71. The maximum absolute atomic E-state index is 8.97. The molecule has 88 valence electrons. The van der Waals surface area contributed by atoms with Crippen LogP contribution in [0.15, 0.2) is 28.7 Å². The summed E-state index contributed by atoms with van der Waals surface area (Å²) >= 11 is 3.45. The van der Waals surface area contributed by atoms with Crippen LogP contribution in [0.1, 0.15) is 37.3 Å². The summed E-state index contributed by atoms with van der Waals surface area (Å²) in [6.45, 7) is 0.282. The van der Waals surface area contributed by atoms with E-state index < -0.39 is 0 Å². The van der Waals surface area contributed by atoms with Crippen LogP contribution in [0.4, 0.5) is 0 Å². The van der Waals surface area contributed by atoms with Crippen LogP contribution in [-0.4, -0.2) is 17.8 Å². The van der Waals surface area contributed by atoms with Crippen LogP contribution < -0.4 is 5.32 Å². The van der Waals surface area contributed by atoms with Crippen LogP contribution in [0, 0.1) is 0 Å². The number of aliphatic hydroxyl groups excluding tert-OH is 1. The van der Waals surface area contributed by atoms with Gasteiger partial charge in [0, 0.05) is 23.2 Å². The van der Waals surface area contributed by atoms with Gasteiger partial charge in [-0.2, -0.15) is 0 Å². The molecule has 16 heavy (non-hydrogen) atoms. The van der Waals surface area contributed by atoms with E-state index in [-0.39, 0.29) is 6.61 Å². The van der Waals surface area contributed by atoms with Crippen LogP contribution in [0.25, 0.3) is 0 Å². The second kappa shape index (κ2) is 5.80. The topological polar surface area (TPSA) is 32.3 Å². The van der Waals surface area contributed by atoms with Gasteiger partial charge in [0.05, 0.1) is 0 Å². The van der Waals surface area contributed by atoms with Crippen LogP contribution in [0.5, 0.6) is 0 Å². The van der Waals surface area contributed by atoms with Crippen molar-refractivity contribution in [1.29, 1.82) is 0 Å². The lowest BCUT2D eigenvalue weighted by atomic mass is 9.92. The Kier molecular flexibility index (Phi) is 4.38. The maximum atomic E-state index is 8.97. The van der Waals surface area contributed by atoms with Crippen molar-refractivity contribution in [2.24, 2.45) is 0 Å². The van der Waals surface area contributed by atoms with Crippen molar-refractivity contribution >= 4 is 15.9 Å². The Balaban J connectivity index is 2.01. The molecular weight excluding hydrogens is 266 g/mol. The second-order valence-corrected chi connectivity index (χ2v) is 5.33. The smallest absolute Gasteiger partial charge is 0.0445 e. The lowest BCUT2D eigenvalue weighted by Gasteiger charge is -2.31. The molecule has 1 aliphatic heterocycles. The lowest BCUT2D eigenvalue weighted by molar-refractivity contribution is 0.232. The van der Waals surface area contributed by atoms with E-state index in [9.17, 15) is 0 Å². The Labute approximate surface area is 105 Å². The first kappa shape index (κ1) is 12.1. The summed E-state index contributed by atoms with van der Waals surface area (Å²) in [4.78, 5) is 0. The van der Waals surface area contributed by atoms with Crippen molar-refractivity contribution in [3.8, 4) is 0 Å². The first-order chi connectivity index (χ1) is 7.79. The molecule has 1 saturated heterocycles. The zero-order chi connectivity index (χ0) is 11.4. The van der Waals surface area contributed by atoms with Gasteiger partial charge in [-0.1, -0.05) is 34.5 Å². The maximum Gasteiger partial charge on any atom is 0.0445 e. The summed E-state index contributed by atoms with van der Waals surface area (Å²) in [6, 6.07) is 9.46. The van der Waals surface area contributed by atoms with E-state index in [4.69, 9.17) is 5.11 Å². The van der Waals surface area contributed by atoms with Crippen molar-refractivity contribution in [3.05, 3.63) is 34.3 Å². The van der Waals surface area contributed by atoms with Crippen LogP contribution in [-0.2, 0) is 0 Å². The van der Waals surface area contributed by atoms with Crippen LogP contribution in [0.3, 0.4) is 0 Å². The number of rotatable bonds is 3. The lowest BCUT2D eigenvalue weighted by Crippen LogP contribution is -2.37. The largest absolute Gasteiger partial charge is 0.396 e. The fourth-order valence-electron chi connectivity index (χ4n) is 2.36. The molecule has 0 radical (unpaired) electrons. The Morgan fingerprint density at radius 3 is 2.69 bits per heavy atom. The minimum absolute atomic E-state index is 0.282. The van der Waals surface area contributed by atoms with Gasteiger partial charge < -0.3 is 10.4 Å². The molecule has 2 N–H and O–H groups in total. The number of hydrogen-bond acceptors (Lipinski definition) is 2. The van der Waals surface area contributed by atoms with Gasteiger partial charge in [-0.15, -0.1) is 0 Å². The second-order valence-electron chi connectivity index (χ2n) is 4.41. The highest BCUT2D eigenvalue weighted by Gasteiger charge is 2.21. The van der Waals surface area contributed by atoms with Gasteiger partial charge >= 0.3 is 0 Å². The number of halogens is 1. The molecular formula is C13H18BrNO. The molecule has 1 aromatic carbocycles. The van der Waals surface area contributed by atoms with E-state index in [0.717, 1.165) is 10.9 Å². The van der Waals surface area contributed by atoms with E-state index in [2.05, 4.69) is 45.5 Å². The molecule has 1 aromatic rings. The van der Waals surface area contributed by atoms with E-state index in [1.165, 1.54) is 24.8 Å². The van der Waals surface area contributed by atoms with E-state index in [0.29, 0.717) is 12.1 Å². The number of piperidine rings is 1. The van der Waals surface area contributed by atoms with Gasteiger partial charge in [0.2, 0.25) is 0 Å². The van der Waals surface area contributed by atoms with Gasteiger partial charge in [-0.05, 0) is 37.0 Å². The summed E-state index contributed by atoms with van der Waals surface area (Å²) in [6.07, 6.45) is 4.50. The molecule has 1 aliphatic rings. The van der Waals surface area contributed by atoms with Gasteiger partial charge in [-0.3, -0.25) is 0 Å². The minimum Gasteiger partial charge on any atom is -0.396 e. The normalized spacial score (nSPS) is 25.6. The fraction of sp³-hybridized carbons (Fsp3) is 0.538. The Morgan fingerprint density at radius 1 is 1.25 bits per heavy atom. The Hall–Kier alpha value is -0.380. The summed E-state index contributed by atoms with van der Waals surface area (Å²) in [5.74, 6) is 0. The molecule has 0 aliphatic carbocycles. The molecule has 2 nitrogen and oxygen atoms in total. The molecule has 3 heteroatoms. The number of hydrogen-bond donors (Lipinski definition) is 2. The number of benzene rings is 1. The fourth-order valence-corrected chi connectivity index (χ4v) is 2.63. The quantitative estimate of drug-likeness (QED) is 0.894. The minimum atomic E-state index is 0.282. The summed E-state index contributed by atoms with van der Waals surface area (Å²) in [5.41, 5.74) is 1.35. The predicted octanol–water partition coefficient (Wildman–Crippen LogP) is 3.01. The molecule has 1 heterocycles. The third-order valence-electron chi connectivity index (χ3n) is 3.23. The van der Waals surface area contributed by atoms with Crippen molar-refractivity contribution in [2.75, 3.05) is 6.61 Å². The monoisotopic (exact) mass is 283 g/mol. The highest BCUT2D eigenvalue weighted by atomic mass is 79.9. The van der Waals surface area contributed by atoms with Crippen molar-refractivity contribution in [1.82, 2.24) is 5.32 Å². The van der Waals surface area contributed by atoms with Crippen molar-refractivity contribution in [2.45, 2.75) is 37.8 Å². The predicted molar refractivity (Wildman–Crippen MR) is 69.4 cm³/mol. The van der Waals surface area contributed by atoms with E-state index in [1.54, 1.807) is 0 Å². The zero-order valence-electron chi connectivity index (χ0n) is 9.32. The molecule has 0 aromatic heterocycles. The van der Waals surface area contributed by atoms with Gasteiger partial charge in [0.1, 0.15) is 0 Å². The van der Waals surface area contributed by atoms with Gasteiger partial charge in [-0.25, -0.2) is 0 Å². The molecule has 0 spiro atoms. The third-order valence-corrected chi connectivity index (χ3v) is 3.76. The summed E-state index contributed by atoms with van der Waals surface area (Å²) in [7, 11) is 0. The van der Waals surface area contributed by atoms with Crippen LogP contribution >= 0.6 is 15.9 Å². The van der Waals surface area contributed by atoms with E-state index in [1.807, 2.05) is 0 Å². The Bertz CT molecular complexity index is 323. The number of aliphatic hydroxyl groups is 1. The SMILES string of the molecule is OCC[C@@H]1CCC[C@@H](c2ccc(Br)cc2)N1. The standard InChI is InChI=1S/C13H18BrNO/c14-11-6-4-10(5-7-11)13-3-1-2-12(15-13)8-9-16/h4-7,12-13,15-16H,1-3,8-9H2/t12-,13-/m0/s1. The summed E-state index contributed by atoms with van der Waals surface area (Å²) < 4.78 is 1.12. The summed E-state index contributed by atoms with van der Waals surface area (Å²) in [5, 5.41) is 12.6. The molecule has 0 saturated carbocycles. The Morgan fingerprint density at radius 2 is 2.00 bits per heavy atom. The average Bonchev–Trinajstić information content (AvgIpc) is 2.31. The zero-order valence-corrected chi connectivity index (χ0v) is 10.9. The molecule has 1 fully saturated rings. The van der Waals surface area contributed by atoms with Gasteiger partial charge in [0.15, 0.2) is 0 Å². The molecule has 0 unspecified atom stereocenters. The average molecular weight is 284 g/mol. The highest BCUT2D eigenvalue weighted by molar-refractivity contribution is 9.10. The van der Waals surface area contributed by atoms with Crippen molar-refractivity contribution < 1.29 is 5.11 Å². The van der Waals surface area contributed by atoms with Crippen LogP contribution in [0.2, 0.25) is 0 Å². The molecule has 2 atom stereocenters. The number of nitrogens with one attached hydrogen (secondary N) is 1. The van der Waals surface area contributed by atoms with E-state index >= 15 is 0 Å². The van der Waals surface area contributed by atoms with Crippen molar-refractivity contribution in [3.63, 3.8) is 0 Å².